The Morgan fingerprint density at radius 3 is 2.13 bits per heavy atom. The summed E-state index contributed by atoms with van der Waals surface area (Å²) in [4.78, 5) is 43.3. The minimum Gasteiger partial charge on any atom is -0.443 e. The third-order valence-electron chi connectivity index (χ3n) is 7.22. The molecule has 0 atom stereocenters. The van der Waals surface area contributed by atoms with Crippen LogP contribution in [-0.2, 0) is 13.9 Å². The van der Waals surface area contributed by atoms with E-state index in [1.807, 2.05) is 20.8 Å². The van der Waals surface area contributed by atoms with Gasteiger partial charge in [-0.1, -0.05) is 38.4 Å². The predicted molar refractivity (Wildman–Crippen MR) is 186 cm³/mol. The van der Waals surface area contributed by atoms with Crippen molar-refractivity contribution in [3.05, 3.63) is 60.0 Å². The Morgan fingerprint density at radius 2 is 1.52 bits per heavy atom. The van der Waals surface area contributed by atoms with Gasteiger partial charge in [0.15, 0.2) is 14.1 Å². The number of pyridine rings is 1. The van der Waals surface area contributed by atoms with Gasteiger partial charge in [0.25, 0.3) is 0 Å². The van der Waals surface area contributed by atoms with E-state index in [0.717, 1.165) is 0 Å². The highest BCUT2D eigenvalue weighted by Crippen LogP contribution is 2.36. The van der Waals surface area contributed by atoms with E-state index in [2.05, 4.69) is 43.8 Å². The lowest BCUT2D eigenvalue weighted by Crippen LogP contribution is -2.42. The van der Waals surface area contributed by atoms with Gasteiger partial charge in [0.2, 0.25) is 0 Å². The van der Waals surface area contributed by atoms with Crippen LogP contribution in [0.1, 0.15) is 68.7 Å². The molecule has 0 unspecified atom stereocenters. The second kappa shape index (κ2) is 14.5. The van der Waals surface area contributed by atoms with Gasteiger partial charge in [-0.15, -0.1) is 0 Å². The minimum absolute atomic E-state index is 0.0785. The van der Waals surface area contributed by atoms with E-state index in [1.165, 1.54) is 16.0 Å². The Labute approximate surface area is 279 Å². The molecule has 3 rings (SSSR count). The van der Waals surface area contributed by atoms with Crippen molar-refractivity contribution in [2.24, 2.45) is 0 Å². The van der Waals surface area contributed by atoms with E-state index in [9.17, 15) is 9.59 Å². The number of hydrogen-bond donors (Lipinski definition) is 0. The topological polar surface area (TPSA) is 107 Å². The Morgan fingerprint density at radius 1 is 0.870 bits per heavy atom. The van der Waals surface area contributed by atoms with Crippen molar-refractivity contribution in [1.82, 2.24) is 15.0 Å². The summed E-state index contributed by atoms with van der Waals surface area (Å²) in [5, 5.41) is 0.528. The fourth-order valence-electron chi connectivity index (χ4n) is 3.96. The smallest absolute Gasteiger partial charge is 0.420 e. The molecule has 2 aromatic heterocycles. The normalized spacial score (nSPS) is 12.4. The van der Waals surface area contributed by atoms with E-state index in [-0.39, 0.29) is 10.9 Å². The van der Waals surface area contributed by atoms with Crippen molar-refractivity contribution in [3.8, 4) is 11.3 Å². The summed E-state index contributed by atoms with van der Waals surface area (Å²) in [6.07, 6.45) is 4.11. The molecule has 0 bridgehead atoms. The highest BCUT2D eigenvalue weighted by molar-refractivity contribution is 6.74. The van der Waals surface area contributed by atoms with Crippen LogP contribution in [0.25, 0.3) is 11.3 Å². The zero-order chi connectivity index (χ0) is 34.5. The van der Waals surface area contributed by atoms with Crippen molar-refractivity contribution < 1.29 is 23.5 Å². The molecule has 10 nitrogen and oxygen atoms in total. The Bertz CT molecular complexity index is 1510. The number of anilines is 3. The van der Waals surface area contributed by atoms with Crippen molar-refractivity contribution in [2.45, 2.75) is 98.1 Å². The number of aromatic nitrogens is 3. The van der Waals surface area contributed by atoms with Crippen molar-refractivity contribution >= 4 is 49.4 Å². The molecule has 0 fully saturated rings. The van der Waals surface area contributed by atoms with Crippen LogP contribution in [0.15, 0.2) is 55.0 Å². The van der Waals surface area contributed by atoms with Crippen LogP contribution >= 0.6 is 11.6 Å². The van der Waals surface area contributed by atoms with E-state index in [0.29, 0.717) is 47.4 Å². The molecule has 0 saturated carbocycles. The summed E-state index contributed by atoms with van der Waals surface area (Å²) in [5.74, 6) is 0.629. The fourth-order valence-corrected chi connectivity index (χ4v) is 5.24. The molecule has 0 saturated heterocycles. The van der Waals surface area contributed by atoms with Gasteiger partial charge in [0.1, 0.15) is 17.0 Å². The van der Waals surface area contributed by atoms with Gasteiger partial charge >= 0.3 is 12.2 Å². The first kappa shape index (κ1) is 36.9. The summed E-state index contributed by atoms with van der Waals surface area (Å²) >= 11 is 6.27. The van der Waals surface area contributed by atoms with Crippen LogP contribution in [0, 0.1) is 0 Å². The van der Waals surface area contributed by atoms with Crippen LogP contribution in [0.4, 0.5) is 26.9 Å². The van der Waals surface area contributed by atoms with Crippen LogP contribution in [-0.4, -0.2) is 59.8 Å². The summed E-state index contributed by atoms with van der Waals surface area (Å²) in [5.41, 5.74) is 0.123. The number of hydrogen-bond acceptors (Lipinski definition) is 8. The third-order valence-corrected chi connectivity index (χ3v) is 12.0. The van der Waals surface area contributed by atoms with Crippen molar-refractivity contribution in [1.29, 1.82) is 0 Å². The van der Waals surface area contributed by atoms with Crippen molar-refractivity contribution in [3.63, 3.8) is 0 Å². The molecule has 250 valence electrons. The molecule has 0 aliphatic rings. The van der Waals surface area contributed by atoms with Gasteiger partial charge < -0.3 is 13.9 Å². The Hall–Kier alpha value is -3.54. The lowest BCUT2D eigenvalue weighted by Gasteiger charge is -2.36. The van der Waals surface area contributed by atoms with Crippen LogP contribution in [0.3, 0.4) is 0 Å². The highest BCUT2D eigenvalue weighted by Gasteiger charge is 2.37. The number of amides is 2. The zero-order valence-corrected chi connectivity index (χ0v) is 30.7. The summed E-state index contributed by atoms with van der Waals surface area (Å²) in [7, 11) is -1.95. The number of rotatable bonds is 9. The van der Waals surface area contributed by atoms with Crippen LogP contribution in [0.2, 0.25) is 23.2 Å². The molecule has 46 heavy (non-hydrogen) atoms. The number of carbonyl (C=O) groups excluding carboxylic acids is 2. The maximum Gasteiger partial charge on any atom is 0.420 e. The average molecular weight is 670 g/mol. The molecule has 0 aliphatic heterocycles. The zero-order valence-electron chi connectivity index (χ0n) is 29.0. The van der Waals surface area contributed by atoms with Gasteiger partial charge in [-0.05, 0) is 96.4 Å². The molecule has 0 N–H and O–H groups in total. The number of nitrogens with zero attached hydrogens (tertiary/aromatic N) is 5. The molecular weight excluding hydrogens is 622 g/mol. The highest BCUT2D eigenvalue weighted by atomic mass is 35.5. The summed E-state index contributed by atoms with van der Waals surface area (Å²) in [6.45, 7) is 22.7. The monoisotopic (exact) mass is 669 g/mol. The quantitative estimate of drug-likeness (QED) is 0.164. The van der Waals surface area contributed by atoms with Gasteiger partial charge in [-0.3, -0.25) is 9.88 Å². The molecule has 0 radical (unpaired) electrons. The Balaban J connectivity index is 1.97. The number of carbonyl (C=O) groups is 2. The van der Waals surface area contributed by atoms with Gasteiger partial charge in [0, 0.05) is 29.9 Å². The molecule has 3 aromatic rings. The third kappa shape index (κ3) is 10.5. The second-order valence-electron chi connectivity index (χ2n) is 14.6. The summed E-state index contributed by atoms with van der Waals surface area (Å²) < 4.78 is 17.8. The maximum absolute atomic E-state index is 13.4. The first-order valence-electron chi connectivity index (χ1n) is 15.4. The van der Waals surface area contributed by atoms with E-state index in [4.69, 9.17) is 30.5 Å². The molecule has 0 aliphatic carbocycles. The fraction of sp³-hybridized carbons (Fsp3) is 0.500. The molecule has 2 heterocycles. The maximum atomic E-state index is 13.4. The van der Waals surface area contributed by atoms with Gasteiger partial charge in [-0.25, -0.2) is 24.5 Å². The SMILES string of the molecule is CC(C)(C)OC(=O)N(CCCO[Si](C)(C)C(C)(C)C)c1cc(-c2cncc(N(C(=O)OC(C)(C)C)c3cccc(Cl)c3)n2)ccn1. The first-order chi connectivity index (χ1) is 21.2. The van der Waals surface area contributed by atoms with E-state index < -0.39 is 31.7 Å². The first-order valence-corrected chi connectivity index (χ1v) is 18.7. The van der Waals surface area contributed by atoms with E-state index >= 15 is 0 Å². The number of halogens is 1. The molecule has 1 aromatic carbocycles. The lowest BCUT2D eigenvalue weighted by atomic mass is 10.2. The van der Waals surface area contributed by atoms with Gasteiger partial charge in [0.05, 0.1) is 23.8 Å². The standard InChI is InChI=1S/C34H48ClN5O5Si/c1-32(2,3)44-30(41)39(18-13-19-43-46(10,11)34(7,8)9)28-20-24(16-17-37-28)27-22-36-23-29(38-27)40(31(42)45-33(4,5)6)26-15-12-14-25(35)21-26/h12,14-17,20-23H,13,18-19H2,1-11H3. The summed E-state index contributed by atoms with van der Waals surface area (Å²) in [6, 6.07) is 10.4. The van der Waals surface area contributed by atoms with Crippen LogP contribution in [0.5, 0.6) is 0 Å². The molecule has 2 amide bonds. The number of ether oxygens (including phenoxy) is 2. The minimum atomic E-state index is -1.95. The number of benzene rings is 1. The molecular formula is C34H48ClN5O5Si. The second-order valence-corrected chi connectivity index (χ2v) is 19.8. The lowest BCUT2D eigenvalue weighted by molar-refractivity contribution is 0.0572. The molecule has 0 spiro atoms. The van der Waals surface area contributed by atoms with Gasteiger partial charge in [-0.2, -0.15) is 0 Å². The Kier molecular flexibility index (Phi) is 11.6. The predicted octanol–water partition coefficient (Wildman–Crippen LogP) is 9.42. The van der Waals surface area contributed by atoms with Crippen LogP contribution < -0.4 is 9.80 Å². The largest absolute Gasteiger partial charge is 0.443 e. The van der Waals surface area contributed by atoms with Crippen molar-refractivity contribution in [2.75, 3.05) is 23.0 Å². The average Bonchev–Trinajstić information content (AvgIpc) is 2.91. The molecule has 12 heteroatoms. The van der Waals surface area contributed by atoms with E-state index in [1.54, 1.807) is 69.6 Å².